The number of nitrogens with zero attached hydrogens (tertiary/aromatic N) is 3. The van der Waals surface area contributed by atoms with Gasteiger partial charge in [0.2, 0.25) is 0 Å². The predicted octanol–water partition coefficient (Wildman–Crippen LogP) is 2.74. The fourth-order valence-electron chi connectivity index (χ4n) is 2.90. The van der Waals surface area contributed by atoms with Crippen molar-refractivity contribution in [3.8, 4) is 11.4 Å². The van der Waals surface area contributed by atoms with E-state index in [1.165, 1.54) is 0 Å². The molecule has 0 aliphatic carbocycles. The zero-order chi connectivity index (χ0) is 17.9. The molecule has 0 bridgehead atoms. The topological polar surface area (TPSA) is 83.1 Å². The Morgan fingerprint density at radius 2 is 2.16 bits per heavy atom. The number of likely N-dealkylation sites (tertiary alicyclic amines) is 1. The van der Waals surface area contributed by atoms with Crippen molar-refractivity contribution in [3.63, 3.8) is 0 Å². The number of amides is 2. The van der Waals surface area contributed by atoms with Crippen molar-refractivity contribution < 1.29 is 9.53 Å². The van der Waals surface area contributed by atoms with Crippen molar-refractivity contribution in [2.75, 3.05) is 20.2 Å². The number of H-pyrrole nitrogens is 1. The Balaban J connectivity index is 1.70. The van der Waals surface area contributed by atoms with Crippen molar-refractivity contribution >= 4 is 6.03 Å². The molecule has 134 valence electrons. The third kappa shape index (κ3) is 3.99. The lowest BCUT2D eigenvalue weighted by atomic mass is 10.1. The third-order valence-corrected chi connectivity index (χ3v) is 4.58. The van der Waals surface area contributed by atoms with Crippen LogP contribution in [0, 0.1) is 0 Å². The molecule has 1 atom stereocenters. The largest absolute Gasteiger partial charge is 0.377 e. The first-order chi connectivity index (χ1) is 12.0. The predicted molar refractivity (Wildman–Crippen MR) is 95.0 cm³/mol. The van der Waals surface area contributed by atoms with E-state index in [-0.39, 0.29) is 12.1 Å². The number of hydrogen-bond acceptors (Lipinski definition) is 4. The number of aromatic amines is 1. The molecule has 1 fully saturated rings. The molecule has 1 saturated heterocycles. The summed E-state index contributed by atoms with van der Waals surface area (Å²) in [5, 5.41) is 10.3. The molecule has 1 aliphatic rings. The SMILES string of the molecule is COC(C)(C)CNC(=O)N1CCC[C@H]1c1nc(-c2ccccc2)n[nH]1. The van der Waals surface area contributed by atoms with E-state index in [4.69, 9.17) is 4.74 Å². The number of aromatic nitrogens is 3. The molecule has 0 radical (unpaired) electrons. The molecule has 1 aliphatic heterocycles. The minimum Gasteiger partial charge on any atom is -0.377 e. The quantitative estimate of drug-likeness (QED) is 0.874. The number of benzene rings is 1. The van der Waals surface area contributed by atoms with Gasteiger partial charge in [0.05, 0.1) is 11.6 Å². The third-order valence-electron chi connectivity index (χ3n) is 4.58. The lowest BCUT2D eigenvalue weighted by Crippen LogP contribution is -2.46. The summed E-state index contributed by atoms with van der Waals surface area (Å²) in [6, 6.07) is 9.65. The molecule has 3 rings (SSSR count). The Labute approximate surface area is 147 Å². The van der Waals surface area contributed by atoms with Crippen LogP contribution in [0.1, 0.15) is 38.6 Å². The number of rotatable bonds is 5. The van der Waals surface area contributed by atoms with E-state index in [0.717, 1.165) is 24.2 Å². The highest BCUT2D eigenvalue weighted by molar-refractivity contribution is 5.75. The van der Waals surface area contributed by atoms with E-state index in [9.17, 15) is 4.79 Å². The van der Waals surface area contributed by atoms with Crippen LogP contribution in [-0.4, -0.2) is 51.9 Å². The van der Waals surface area contributed by atoms with E-state index in [2.05, 4.69) is 20.5 Å². The number of methoxy groups -OCH3 is 1. The second-order valence-electron chi connectivity index (χ2n) is 6.88. The summed E-state index contributed by atoms with van der Waals surface area (Å²) in [7, 11) is 1.64. The Bertz CT molecular complexity index is 713. The number of ether oxygens (including phenoxy) is 1. The van der Waals surface area contributed by atoms with Gasteiger partial charge in [0.15, 0.2) is 5.82 Å². The summed E-state index contributed by atoms with van der Waals surface area (Å²) in [6.07, 6.45) is 1.83. The van der Waals surface area contributed by atoms with Gasteiger partial charge in [0.25, 0.3) is 0 Å². The van der Waals surface area contributed by atoms with Crippen LogP contribution in [0.3, 0.4) is 0 Å². The van der Waals surface area contributed by atoms with Gasteiger partial charge in [-0.15, -0.1) is 0 Å². The molecule has 2 heterocycles. The van der Waals surface area contributed by atoms with Crippen molar-refractivity contribution in [1.82, 2.24) is 25.4 Å². The normalized spacial score (nSPS) is 17.7. The molecule has 0 spiro atoms. The van der Waals surface area contributed by atoms with Gasteiger partial charge in [0, 0.05) is 25.8 Å². The lowest BCUT2D eigenvalue weighted by molar-refractivity contribution is 0.0241. The molecule has 7 heteroatoms. The average Bonchev–Trinajstić information content (AvgIpc) is 3.29. The molecule has 25 heavy (non-hydrogen) atoms. The zero-order valence-electron chi connectivity index (χ0n) is 15.0. The molecule has 0 unspecified atom stereocenters. The molecule has 1 aromatic heterocycles. The van der Waals surface area contributed by atoms with Gasteiger partial charge in [0.1, 0.15) is 5.82 Å². The van der Waals surface area contributed by atoms with E-state index >= 15 is 0 Å². The van der Waals surface area contributed by atoms with Gasteiger partial charge in [-0.2, -0.15) is 5.10 Å². The summed E-state index contributed by atoms with van der Waals surface area (Å²) in [5.41, 5.74) is 0.568. The van der Waals surface area contributed by atoms with Crippen LogP contribution >= 0.6 is 0 Å². The standard InChI is InChI=1S/C18H25N5O2/c1-18(2,25-3)12-19-17(24)23-11-7-10-14(23)16-20-15(21-22-16)13-8-5-4-6-9-13/h4-6,8-9,14H,7,10-12H2,1-3H3,(H,19,24)(H,20,21,22)/t14-/m0/s1. The van der Waals surface area contributed by atoms with Crippen LogP contribution in [0.5, 0.6) is 0 Å². The molecule has 0 saturated carbocycles. The highest BCUT2D eigenvalue weighted by Gasteiger charge is 2.33. The van der Waals surface area contributed by atoms with Crippen molar-refractivity contribution in [2.24, 2.45) is 0 Å². The van der Waals surface area contributed by atoms with Crippen LogP contribution in [0.15, 0.2) is 30.3 Å². The minimum atomic E-state index is -0.391. The monoisotopic (exact) mass is 343 g/mol. The summed E-state index contributed by atoms with van der Waals surface area (Å²) in [4.78, 5) is 19.0. The van der Waals surface area contributed by atoms with Crippen LogP contribution in [0.4, 0.5) is 4.79 Å². The minimum absolute atomic E-state index is 0.0735. The Morgan fingerprint density at radius 3 is 2.88 bits per heavy atom. The maximum absolute atomic E-state index is 12.6. The average molecular weight is 343 g/mol. The highest BCUT2D eigenvalue weighted by atomic mass is 16.5. The van der Waals surface area contributed by atoms with Gasteiger partial charge >= 0.3 is 6.03 Å². The number of urea groups is 1. The molecular formula is C18H25N5O2. The van der Waals surface area contributed by atoms with Crippen LogP contribution in [0.25, 0.3) is 11.4 Å². The van der Waals surface area contributed by atoms with Gasteiger partial charge in [-0.05, 0) is 26.7 Å². The number of carbonyl (C=O) groups excluding carboxylic acids is 1. The molecule has 1 aromatic carbocycles. The number of carbonyl (C=O) groups is 1. The second-order valence-corrected chi connectivity index (χ2v) is 6.88. The van der Waals surface area contributed by atoms with Crippen LogP contribution in [0.2, 0.25) is 0 Å². The summed E-state index contributed by atoms with van der Waals surface area (Å²) in [6.45, 7) is 5.05. The maximum atomic E-state index is 12.6. The molecule has 2 aromatic rings. The number of nitrogens with one attached hydrogen (secondary N) is 2. The first-order valence-corrected chi connectivity index (χ1v) is 8.57. The van der Waals surface area contributed by atoms with Gasteiger partial charge in [-0.25, -0.2) is 9.78 Å². The molecule has 7 nitrogen and oxygen atoms in total. The van der Waals surface area contributed by atoms with Crippen molar-refractivity contribution in [3.05, 3.63) is 36.2 Å². The fraction of sp³-hybridized carbons (Fsp3) is 0.500. The van der Waals surface area contributed by atoms with E-state index < -0.39 is 5.60 Å². The first-order valence-electron chi connectivity index (χ1n) is 8.57. The van der Waals surface area contributed by atoms with Gasteiger partial charge < -0.3 is 15.0 Å². The Morgan fingerprint density at radius 1 is 1.40 bits per heavy atom. The summed E-state index contributed by atoms with van der Waals surface area (Å²) in [5.74, 6) is 1.39. The van der Waals surface area contributed by atoms with Crippen molar-refractivity contribution in [2.45, 2.75) is 38.3 Å². The van der Waals surface area contributed by atoms with E-state index in [1.807, 2.05) is 49.1 Å². The van der Waals surface area contributed by atoms with Gasteiger partial charge in [-0.3, -0.25) is 5.10 Å². The Kier molecular flexibility index (Phi) is 5.03. The highest BCUT2D eigenvalue weighted by Crippen LogP contribution is 2.30. The van der Waals surface area contributed by atoms with Crippen molar-refractivity contribution in [1.29, 1.82) is 0 Å². The van der Waals surface area contributed by atoms with E-state index in [1.54, 1.807) is 7.11 Å². The lowest BCUT2D eigenvalue weighted by Gasteiger charge is -2.27. The molecule has 2 amide bonds. The number of hydrogen-bond donors (Lipinski definition) is 2. The van der Waals surface area contributed by atoms with Gasteiger partial charge in [-0.1, -0.05) is 30.3 Å². The smallest absolute Gasteiger partial charge is 0.318 e. The summed E-state index contributed by atoms with van der Waals surface area (Å²) < 4.78 is 5.35. The molecule has 2 N–H and O–H groups in total. The van der Waals surface area contributed by atoms with Crippen LogP contribution < -0.4 is 5.32 Å². The summed E-state index contributed by atoms with van der Waals surface area (Å²) >= 11 is 0. The first kappa shape index (κ1) is 17.4. The molecular weight excluding hydrogens is 318 g/mol. The maximum Gasteiger partial charge on any atom is 0.318 e. The fourth-order valence-corrected chi connectivity index (χ4v) is 2.90. The zero-order valence-corrected chi connectivity index (χ0v) is 15.0. The Hall–Kier alpha value is -2.41. The second kappa shape index (κ2) is 7.23. The van der Waals surface area contributed by atoms with E-state index in [0.29, 0.717) is 18.9 Å². The van der Waals surface area contributed by atoms with Crippen LogP contribution in [-0.2, 0) is 4.74 Å².